The van der Waals surface area contributed by atoms with Crippen LogP contribution in [0.25, 0.3) is 0 Å². The molecule has 1 aromatic heterocycles. The van der Waals surface area contributed by atoms with Gasteiger partial charge in [-0.05, 0) is 23.8 Å². The molecule has 2 aromatic rings. The number of aromatic nitrogens is 1. The summed E-state index contributed by atoms with van der Waals surface area (Å²) in [6, 6.07) is 6.49. The maximum absolute atomic E-state index is 13.3. The minimum atomic E-state index is -3.93. The zero-order valence-electron chi connectivity index (χ0n) is 13.7. The normalized spacial score (nSPS) is 11.5. The van der Waals surface area contributed by atoms with Crippen molar-refractivity contribution in [3.8, 4) is 6.07 Å². The first-order valence-electron chi connectivity index (χ1n) is 7.53. The number of carbonyl (C=O) groups excluding carboxylic acids is 1. The molecule has 0 saturated carbocycles. The minimum Gasteiger partial charge on any atom is -0.347 e. The van der Waals surface area contributed by atoms with Gasteiger partial charge in [0.05, 0.1) is 21.9 Å². The van der Waals surface area contributed by atoms with Crippen molar-refractivity contribution in [2.24, 2.45) is 7.05 Å². The van der Waals surface area contributed by atoms with E-state index < -0.39 is 40.0 Å². The SMILES string of the molecule is Cn1cc(S(=O)(=O)CCC(F)F)cc1C(=O)Cc1ccc(F)c(C#N)c1. The second-order valence-corrected chi connectivity index (χ2v) is 7.81. The van der Waals surface area contributed by atoms with Crippen molar-refractivity contribution >= 4 is 15.6 Å². The molecule has 0 aliphatic rings. The molecule has 0 N–H and O–H groups in total. The van der Waals surface area contributed by atoms with Crippen molar-refractivity contribution in [1.82, 2.24) is 4.57 Å². The molecule has 26 heavy (non-hydrogen) atoms. The summed E-state index contributed by atoms with van der Waals surface area (Å²) < 4.78 is 63.3. The first-order chi connectivity index (χ1) is 12.1. The maximum Gasteiger partial charge on any atom is 0.239 e. The predicted molar refractivity (Wildman–Crippen MR) is 87.2 cm³/mol. The molecule has 1 aromatic carbocycles. The lowest BCUT2D eigenvalue weighted by molar-refractivity contribution is 0.0985. The topological polar surface area (TPSA) is 79.9 Å². The van der Waals surface area contributed by atoms with Crippen LogP contribution in [0, 0.1) is 17.1 Å². The first kappa shape index (κ1) is 19.7. The number of ketones is 1. The molecular formula is C17H15F3N2O3S. The van der Waals surface area contributed by atoms with Crippen LogP contribution in [0.15, 0.2) is 35.4 Å². The van der Waals surface area contributed by atoms with E-state index in [1.807, 2.05) is 0 Å². The van der Waals surface area contributed by atoms with Gasteiger partial charge >= 0.3 is 0 Å². The van der Waals surface area contributed by atoms with Crippen LogP contribution < -0.4 is 0 Å². The number of halogens is 3. The molecule has 0 bridgehead atoms. The number of nitriles is 1. The molecule has 0 aliphatic heterocycles. The standard InChI is InChI=1S/C17H15F3N2O3S/c1-22-10-13(26(24,25)5-4-17(19)20)8-15(22)16(23)7-11-2-3-14(18)12(6-11)9-21/h2-3,6,8,10,17H,4-5,7H2,1H3. The fourth-order valence-corrected chi connectivity index (χ4v) is 3.72. The number of hydrogen-bond donors (Lipinski definition) is 0. The fourth-order valence-electron chi connectivity index (χ4n) is 2.39. The quantitative estimate of drug-likeness (QED) is 0.688. The lowest BCUT2D eigenvalue weighted by Gasteiger charge is -2.03. The number of alkyl halides is 2. The highest BCUT2D eigenvalue weighted by atomic mass is 32.2. The van der Waals surface area contributed by atoms with E-state index in [2.05, 4.69) is 0 Å². The van der Waals surface area contributed by atoms with Gasteiger partial charge in [0.1, 0.15) is 11.9 Å². The van der Waals surface area contributed by atoms with Crippen LogP contribution in [0.5, 0.6) is 0 Å². The highest BCUT2D eigenvalue weighted by molar-refractivity contribution is 7.91. The van der Waals surface area contributed by atoms with Gasteiger partial charge in [0, 0.05) is 26.1 Å². The Balaban J connectivity index is 2.23. The van der Waals surface area contributed by atoms with Crippen LogP contribution in [0.1, 0.15) is 28.0 Å². The van der Waals surface area contributed by atoms with E-state index in [0.29, 0.717) is 5.56 Å². The predicted octanol–water partition coefficient (Wildman–Crippen LogP) is 2.89. The molecule has 0 amide bonds. The van der Waals surface area contributed by atoms with Gasteiger partial charge in [-0.1, -0.05) is 6.07 Å². The summed E-state index contributed by atoms with van der Waals surface area (Å²) in [7, 11) is -2.46. The van der Waals surface area contributed by atoms with Crippen LogP contribution in [-0.4, -0.2) is 30.9 Å². The molecule has 0 saturated heterocycles. The lowest BCUT2D eigenvalue weighted by Crippen LogP contribution is -2.09. The number of hydrogen-bond acceptors (Lipinski definition) is 4. The summed E-state index contributed by atoms with van der Waals surface area (Å²) in [6.07, 6.45) is -2.49. The molecule has 1 heterocycles. The Morgan fingerprint density at radius 2 is 2.00 bits per heavy atom. The van der Waals surface area contributed by atoms with Crippen LogP contribution in [-0.2, 0) is 23.3 Å². The summed E-state index contributed by atoms with van der Waals surface area (Å²) in [5.74, 6) is -1.86. The van der Waals surface area contributed by atoms with Crippen LogP contribution in [0.3, 0.4) is 0 Å². The summed E-state index contributed by atoms with van der Waals surface area (Å²) in [5, 5.41) is 8.82. The van der Waals surface area contributed by atoms with Gasteiger partial charge in [-0.3, -0.25) is 4.79 Å². The van der Waals surface area contributed by atoms with Crippen molar-refractivity contribution in [1.29, 1.82) is 5.26 Å². The van der Waals surface area contributed by atoms with E-state index in [-0.39, 0.29) is 22.6 Å². The van der Waals surface area contributed by atoms with Gasteiger partial charge < -0.3 is 4.57 Å². The zero-order chi connectivity index (χ0) is 19.5. The maximum atomic E-state index is 13.3. The van der Waals surface area contributed by atoms with Crippen molar-refractivity contribution in [3.63, 3.8) is 0 Å². The van der Waals surface area contributed by atoms with Gasteiger partial charge in [-0.25, -0.2) is 21.6 Å². The summed E-state index contributed by atoms with van der Waals surface area (Å²) in [6.45, 7) is 0. The number of Topliss-reactive ketones (excluding diaryl/α,β-unsaturated/α-hetero) is 1. The Bertz CT molecular complexity index is 976. The average Bonchev–Trinajstić information content (AvgIpc) is 2.97. The second-order valence-electron chi connectivity index (χ2n) is 5.70. The zero-order valence-corrected chi connectivity index (χ0v) is 14.6. The Morgan fingerprint density at radius 1 is 1.31 bits per heavy atom. The molecule has 5 nitrogen and oxygen atoms in total. The van der Waals surface area contributed by atoms with Gasteiger partial charge in [-0.2, -0.15) is 5.26 Å². The summed E-state index contributed by atoms with van der Waals surface area (Å²) >= 11 is 0. The third-order valence-corrected chi connectivity index (χ3v) is 5.46. The number of carbonyl (C=O) groups is 1. The van der Waals surface area contributed by atoms with E-state index in [9.17, 15) is 26.4 Å². The van der Waals surface area contributed by atoms with Gasteiger partial charge in [0.2, 0.25) is 6.43 Å². The molecule has 2 rings (SSSR count). The molecule has 0 unspecified atom stereocenters. The third-order valence-electron chi connectivity index (χ3n) is 3.75. The summed E-state index contributed by atoms with van der Waals surface area (Å²) in [5.41, 5.74) is 0.275. The third kappa shape index (κ3) is 4.52. The Kier molecular flexibility index (Phi) is 5.87. The molecule has 9 heteroatoms. The molecular weight excluding hydrogens is 369 g/mol. The largest absolute Gasteiger partial charge is 0.347 e. The number of nitrogens with zero attached hydrogens (tertiary/aromatic N) is 2. The van der Waals surface area contributed by atoms with Crippen molar-refractivity contribution in [2.45, 2.75) is 24.2 Å². The molecule has 0 spiro atoms. The minimum absolute atomic E-state index is 0.0726. The molecule has 0 radical (unpaired) electrons. The highest BCUT2D eigenvalue weighted by Gasteiger charge is 2.22. The molecule has 138 valence electrons. The van der Waals surface area contributed by atoms with Gasteiger partial charge in [-0.15, -0.1) is 0 Å². The Morgan fingerprint density at radius 3 is 2.62 bits per heavy atom. The van der Waals surface area contributed by atoms with E-state index in [0.717, 1.165) is 12.1 Å². The Labute approximate surface area is 148 Å². The van der Waals surface area contributed by atoms with Gasteiger partial charge in [0.15, 0.2) is 15.6 Å². The number of sulfone groups is 1. The van der Waals surface area contributed by atoms with Crippen LogP contribution in [0.4, 0.5) is 13.2 Å². The van der Waals surface area contributed by atoms with E-state index in [1.54, 1.807) is 6.07 Å². The lowest BCUT2D eigenvalue weighted by atomic mass is 10.0. The van der Waals surface area contributed by atoms with Crippen LogP contribution >= 0.6 is 0 Å². The van der Waals surface area contributed by atoms with Crippen molar-refractivity contribution in [3.05, 3.63) is 53.1 Å². The van der Waals surface area contributed by atoms with E-state index in [1.165, 1.54) is 29.9 Å². The van der Waals surface area contributed by atoms with Crippen molar-refractivity contribution < 1.29 is 26.4 Å². The van der Waals surface area contributed by atoms with Crippen LogP contribution in [0.2, 0.25) is 0 Å². The van der Waals surface area contributed by atoms with Crippen molar-refractivity contribution in [2.75, 3.05) is 5.75 Å². The molecule has 0 fully saturated rings. The number of benzene rings is 1. The Hall–Kier alpha value is -2.60. The van der Waals surface area contributed by atoms with E-state index in [4.69, 9.17) is 5.26 Å². The number of rotatable bonds is 7. The molecule has 0 aliphatic carbocycles. The molecule has 0 atom stereocenters. The fraction of sp³-hybridized carbons (Fsp3) is 0.294. The van der Waals surface area contributed by atoms with E-state index >= 15 is 0 Å². The first-order valence-corrected chi connectivity index (χ1v) is 9.18. The number of aryl methyl sites for hydroxylation is 1. The highest BCUT2D eigenvalue weighted by Crippen LogP contribution is 2.19. The average molecular weight is 384 g/mol. The monoisotopic (exact) mass is 384 g/mol. The second kappa shape index (κ2) is 7.74. The van der Waals surface area contributed by atoms with Gasteiger partial charge in [0.25, 0.3) is 0 Å². The smallest absolute Gasteiger partial charge is 0.239 e. The summed E-state index contributed by atoms with van der Waals surface area (Å²) in [4.78, 5) is 12.2.